The van der Waals surface area contributed by atoms with Crippen molar-refractivity contribution in [2.75, 3.05) is 26.2 Å². The summed E-state index contributed by atoms with van der Waals surface area (Å²) in [6.45, 7) is 2.57. The van der Waals surface area contributed by atoms with E-state index in [1.165, 1.54) is 0 Å². The number of piperazine rings is 1. The average molecular weight is 380 g/mol. The Hall–Kier alpha value is -1.90. The highest BCUT2D eigenvalue weighted by molar-refractivity contribution is 7.88. The Morgan fingerprint density at radius 1 is 1.08 bits per heavy atom. The van der Waals surface area contributed by atoms with Crippen LogP contribution in [0, 0.1) is 0 Å². The van der Waals surface area contributed by atoms with Gasteiger partial charge in [-0.1, -0.05) is 30.3 Å². The number of thiocarbonyl (C=S) groups is 1. The molecule has 0 saturated carbocycles. The van der Waals surface area contributed by atoms with E-state index in [0.717, 1.165) is 11.3 Å². The second kappa shape index (κ2) is 7.99. The highest BCUT2D eigenvalue weighted by atomic mass is 32.2. The maximum Gasteiger partial charge on any atom is 0.218 e. The van der Waals surface area contributed by atoms with Crippen LogP contribution in [0.2, 0.25) is 0 Å². The molecule has 25 heavy (non-hydrogen) atoms. The zero-order valence-corrected chi connectivity index (χ0v) is 15.4. The van der Waals surface area contributed by atoms with Gasteiger partial charge in [0, 0.05) is 26.2 Å². The molecule has 0 atom stereocenters. The van der Waals surface area contributed by atoms with Gasteiger partial charge in [0.05, 0.1) is 18.6 Å². The van der Waals surface area contributed by atoms with E-state index in [1.807, 2.05) is 47.4 Å². The Morgan fingerprint density at radius 3 is 2.44 bits per heavy atom. The molecule has 1 saturated heterocycles. The maximum absolute atomic E-state index is 12.6. The molecule has 0 radical (unpaired) electrons. The van der Waals surface area contributed by atoms with Crippen LogP contribution in [0.25, 0.3) is 0 Å². The van der Waals surface area contributed by atoms with Crippen LogP contribution in [0.4, 0.5) is 0 Å². The first-order chi connectivity index (χ1) is 12.0. The minimum atomic E-state index is -3.31. The van der Waals surface area contributed by atoms with E-state index >= 15 is 0 Å². The highest BCUT2D eigenvalue weighted by Gasteiger charge is 2.27. The predicted octanol–water partition coefficient (Wildman–Crippen LogP) is 1.80. The van der Waals surface area contributed by atoms with E-state index < -0.39 is 10.0 Å². The molecule has 1 N–H and O–H groups in total. The van der Waals surface area contributed by atoms with Gasteiger partial charge >= 0.3 is 0 Å². The molecule has 2 heterocycles. The van der Waals surface area contributed by atoms with E-state index in [1.54, 1.807) is 10.6 Å². The summed E-state index contributed by atoms with van der Waals surface area (Å²) < 4.78 is 31.9. The molecule has 0 bridgehead atoms. The Morgan fingerprint density at radius 2 is 1.80 bits per heavy atom. The molecule has 8 heteroatoms. The van der Waals surface area contributed by atoms with Crippen molar-refractivity contribution in [3.63, 3.8) is 0 Å². The average Bonchev–Trinajstić information content (AvgIpc) is 3.14. The number of nitrogens with one attached hydrogen (secondary N) is 1. The third kappa shape index (κ3) is 4.81. The number of rotatable bonds is 5. The molecule has 1 aromatic heterocycles. The van der Waals surface area contributed by atoms with E-state index in [-0.39, 0.29) is 5.75 Å². The summed E-state index contributed by atoms with van der Waals surface area (Å²) in [4.78, 5) is 1.99. The first kappa shape index (κ1) is 17.9. The van der Waals surface area contributed by atoms with Gasteiger partial charge in [0.15, 0.2) is 5.11 Å². The molecule has 0 amide bonds. The Bertz CT molecular complexity index is 784. The van der Waals surface area contributed by atoms with Gasteiger partial charge in [-0.05, 0) is 29.9 Å². The second-order valence-corrected chi connectivity index (χ2v) is 8.22. The lowest BCUT2D eigenvalue weighted by Gasteiger charge is -2.35. The number of nitrogens with zero attached hydrogens (tertiary/aromatic N) is 2. The normalized spacial score (nSPS) is 15.9. The standard InChI is InChI=1S/C17H21N3O3S2/c21-25(22,14-15-5-2-1-3-6-15)20-10-8-19(9-11-20)17(24)18-13-16-7-4-12-23-16/h1-7,12H,8-11,13-14H2,(H,18,24). The fourth-order valence-corrected chi connectivity index (χ4v) is 4.50. The lowest BCUT2D eigenvalue weighted by molar-refractivity contribution is 0.263. The molecule has 0 unspecified atom stereocenters. The molecular weight excluding hydrogens is 358 g/mol. The topological polar surface area (TPSA) is 65.8 Å². The van der Waals surface area contributed by atoms with Crippen LogP contribution in [0.3, 0.4) is 0 Å². The summed E-state index contributed by atoms with van der Waals surface area (Å²) in [5, 5.41) is 3.77. The summed E-state index contributed by atoms with van der Waals surface area (Å²) in [5.41, 5.74) is 0.806. The zero-order valence-electron chi connectivity index (χ0n) is 13.8. The van der Waals surface area contributed by atoms with Crippen molar-refractivity contribution in [1.82, 2.24) is 14.5 Å². The van der Waals surface area contributed by atoms with Gasteiger partial charge in [0.1, 0.15) is 5.76 Å². The second-order valence-electron chi connectivity index (χ2n) is 5.87. The quantitative estimate of drug-likeness (QED) is 0.799. The van der Waals surface area contributed by atoms with Crippen molar-refractivity contribution in [3.8, 4) is 0 Å². The van der Waals surface area contributed by atoms with Crippen molar-refractivity contribution < 1.29 is 12.8 Å². The summed E-state index contributed by atoms with van der Waals surface area (Å²) in [6, 6.07) is 13.0. The fraction of sp³-hybridized carbons (Fsp3) is 0.353. The summed E-state index contributed by atoms with van der Waals surface area (Å²) in [5.74, 6) is 0.848. The van der Waals surface area contributed by atoms with Crippen LogP contribution >= 0.6 is 12.2 Å². The number of benzene rings is 1. The molecular formula is C17H21N3O3S2. The molecule has 1 fully saturated rings. The summed E-state index contributed by atoms with van der Waals surface area (Å²) >= 11 is 5.39. The number of hydrogen-bond donors (Lipinski definition) is 1. The molecule has 1 aromatic carbocycles. The Kier molecular flexibility index (Phi) is 5.72. The first-order valence-corrected chi connectivity index (χ1v) is 10.1. The van der Waals surface area contributed by atoms with Gasteiger partial charge in [-0.25, -0.2) is 8.42 Å². The number of furan rings is 1. The van der Waals surface area contributed by atoms with Gasteiger partial charge in [-0.3, -0.25) is 0 Å². The lowest BCUT2D eigenvalue weighted by Crippen LogP contribution is -2.53. The van der Waals surface area contributed by atoms with Crippen molar-refractivity contribution in [2.45, 2.75) is 12.3 Å². The molecule has 1 aliphatic heterocycles. The van der Waals surface area contributed by atoms with Crippen molar-refractivity contribution in [3.05, 3.63) is 60.1 Å². The monoisotopic (exact) mass is 379 g/mol. The maximum atomic E-state index is 12.6. The van der Waals surface area contributed by atoms with Crippen LogP contribution in [-0.4, -0.2) is 48.9 Å². The number of hydrogen-bond acceptors (Lipinski definition) is 4. The minimum absolute atomic E-state index is 0.0367. The number of sulfonamides is 1. The van der Waals surface area contributed by atoms with Crippen LogP contribution < -0.4 is 5.32 Å². The van der Waals surface area contributed by atoms with Gasteiger partial charge in [0.25, 0.3) is 0 Å². The van der Waals surface area contributed by atoms with E-state index in [9.17, 15) is 8.42 Å². The molecule has 0 spiro atoms. The third-order valence-electron chi connectivity index (χ3n) is 4.11. The fourth-order valence-electron chi connectivity index (χ4n) is 2.73. The van der Waals surface area contributed by atoms with Gasteiger partial charge in [0.2, 0.25) is 10.0 Å². The molecule has 3 rings (SSSR count). The SMILES string of the molecule is O=S(=O)(Cc1ccccc1)N1CCN(C(=S)NCc2ccco2)CC1. The third-order valence-corrected chi connectivity index (χ3v) is 6.36. The van der Waals surface area contributed by atoms with Crippen LogP contribution in [-0.2, 0) is 22.3 Å². The highest BCUT2D eigenvalue weighted by Crippen LogP contribution is 2.14. The van der Waals surface area contributed by atoms with Crippen LogP contribution in [0.1, 0.15) is 11.3 Å². The van der Waals surface area contributed by atoms with Gasteiger partial charge in [-0.2, -0.15) is 4.31 Å². The van der Waals surface area contributed by atoms with Gasteiger partial charge < -0.3 is 14.6 Å². The lowest BCUT2D eigenvalue weighted by atomic mass is 10.2. The molecule has 6 nitrogen and oxygen atoms in total. The molecule has 1 aliphatic rings. The first-order valence-electron chi connectivity index (χ1n) is 8.11. The van der Waals surface area contributed by atoms with E-state index in [4.69, 9.17) is 16.6 Å². The molecule has 0 aliphatic carbocycles. The predicted molar refractivity (Wildman–Crippen MR) is 100 cm³/mol. The Balaban J connectivity index is 1.50. The van der Waals surface area contributed by atoms with Crippen LogP contribution in [0.5, 0.6) is 0 Å². The van der Waals surface area contributed by atoms with Crippen molar-refractivity contribution >= 4 is 27.4 Å². The molecule has 134 valence electrons. The van der Waals surface area contributed by atoms with Crippen molar-refractivity contribution in [2.24, 2.45) is 0 Å². The largest absolute Gasteiger partial charge is 0.467 e. The smallest absolute Gasteiger partial charge is 0.218 e. The summed E-state index contributed by atoms with van der Waals surface area (Å²) in [6.07, 6.45) is 1.62. The summed E-state index contributed by atoms with van der Waals surface area (Å²) in [7, 11) is -3.31. The van der Waals surface area contributed by atoms with E-state index in [2.05, 4.69) is 5.32 Å². The Labute approximate surface area is 153 Å². The zero-order chi connectivity index (χ0) is 17.7. The van der Waals surface area contributed by atoms with Gasteiger partial charge in [-0.15, -0.1) is 0 Å². The molecule has 2 aromatic rings. The van der Waals surface area contributed by atoms with E-state index in [0.29, 0.717) is 37.8 Å². The van der Waals surface area contributed by atoms with Crippen LogP contribution in [0.15, 0.2) is 53.1 Å². The minimum Gasteiger partial charge on any atom is -0.467 e. The van der Waals surface area contributed by atoms with Crippen molar-refractivity contribution in [1.29, 1.82) is 0 Å².